The zero-order valence-electron chi connectivity index (χ0n) is 16.6. The number of nitro groups is 1. The van der Waals surface area contributed by atoms with Crippen LogP contribution >= 0.6 is 0 Å². The number of benzene rings is 2. The van der Waals surface area contributed by atoms with Gasteiger partial charge in [0.1, 0.15) is 6.54 Å². The third-order valence-electron chi connectivity index (χ3n) is 5.76. The maximum atomic E-state index is 12.6. The van der Waals surface area contributed by atoms with Gasteiger partial charge in [-0.05, 0) is 17.5 Å². The molecule has 1 saturated carbocycles. The number of anilines is 1. The number of nitro benzene ring substituents is 1. The normalized spacial score (nSPS) is 17.0. The lowest BCUT2D eigenvalue weighted by Gasteiger charge is -2.25. The van der Waals surface area contributed by atoms with Gasteiger partial charge in [0.15, 0.2) is 6.67 Å². The average molecular weight is 394 g/mol. The number of hydrogen-bond acceptors (Lipinski definition) is 4. The second-order valence-corrected chi connectivity index (χ2v) is 8.18. The molecule has 0 saturated heterocycles. The van der Waals surface area contributed by atoms with E-state index in [1.54, 1.807) is 0 Å². The molecule has 0 aromatic heterocycles. The summed E-state index contributed by atoms with van der Waals surface area (Å²) in [7, 11) is 0. The molecule has 1 amide bonds. The standard InChI is InChI=1S/C22H23N3O4/c1-14(2)16-5-3-15(4-6-16)12-23(17-7-8-17)13-24-20-10-9-18(25(28)29)11-19(20)21(26)22(24)27/h3-6,9-11,14,17H,7-8,12-13H2,1-2H3/p+1. The minimum Gasteiger partial charge on any atom is -0.311 e. The van der Waals surface area contributed by atoms with Crippen molar-refractivity contribution < 1.29 is 19.4 Å². The van der Waals surface area contributed by atoms with E-state index in [0.29, 0.717) is 24.3 Å². The Bertz CT molecular complexity index is 980. The Balaban J connectivity index is 1.56. The van der Waals surface area contributed by atoms with Crippen LogP contribution in [0, 0.1) is 10.1 Å². The predicted octanol–water partition coefficient (Wildman–Crippen LogP) is 2.45. The second-order valence-electron chi connectivity index (χ2n) is 8.18. The van der Waals surface area contributed by atoms with E-state index in [1.165, 1.54) is 39.1 Å². The molecule has 1 unspecified atom stereocenters. The van der Waals surface area contributed by atoms with Crippen molar-refractivity contribution in [1.29, 1.82) is 0 Å². The van der Waals surface area contributed by atoms with E-state index in [0.717, 1.165) is 19.4 Å². The fraction of sp³-hybridized carbons (Fsp3) is 0.364. The summed E-state index contributed by atoms with van der Waals surface area (Å²) in [5.41, 5.74) is 2.90. The minimum absolute atomic E-state index is 0.126. The van der Waals surface area contributed by atoms with E-state index in [9.17, 15) is 19.7 Å². The number of nitrogens with zero attached hydrogens (tertiary/aromatic N) is 2. The molecule has 0 spiro atoms. The SMILES string of the molecule is CC(C)c1ccc(C[NH+](CN2C(=O)C(=O)c3cc([N+](=O)[O-])ccc32)C2CC2)cc1. The summed E-state index contributed by atoms with van der Waals surface area (Å²) in [5.74, 6) is -0.793. The highest BCUT2D eigenvalue weighted by molar-refractivity contribution is 6.52. The maximum Gasteiger partial charge on any atom is 0.303 e. The first-order valence-electron chi connectivity index (χ1n) is 9.93. The Morgan fingerprint density at radius 3 is 2.41 bits per heavy atom. The molecule has 2 aromatic carbocycles. The quantitative estimate of drug-likeness (QED) is 0.444. The van der Waals surface area contributed by atoms with Gasteiger partial charge in [-0.15, -0.1) is 0 Å². The molecule has 7 nitrogen and oxygen atoms in total. The predicted molar refractivity (Wildman–Crippen MR) is 108 cm³/mol. The molecule has 4 rings (SSSR count). The number of carbonyl (C=O) groups is 2. The Morgan fingerprint density at radius 2 is 1.83 bits per heavy atom. The van der Waals surface area contributed by atoms with E-state index >= 15 is 0 Å². The lowest BCUT2D eigenvalue weighted by atomic mass is 10.0. The van der Waals surface area contributed by atoms with Crippen molar-refractivity contribution in [3.63, 3.8) is 0 Å². The van der Waals surface area contributed by atoms with Gasteiger partial charge in [-0.1, -0.05) is 38.1 Å². The molecule has 7 heteroatoms. The molecule has 1 heterocycles. The summed E-state index contributed by atoms with van der Waals surface area (Å²) in [6.07, 6.45) is 2.20. The van der Waals surface area contributed by atoms with Crippen molar-refractivity contribution in [1.82, 2.24) is 0 Å². The summed E-state index contributed by atoms with van der Waals surface area (Å²) in [6.45, 7) is 5.47. The molecule has 0 bridgehead atoms. The monoisotopic (exact) mass is 394 g/mol. The molecule has 2 aliphatic rings. The van der Waals surface area contributed by atoms with Crippen LogP contribution in [0.25, 0.3) is 0 Å². The molecule has 1 N–H and O–H groups in total. The molecule has 0 radical (unpaired) electrons. The average Bonchev–Trinajstić information content (AvgIpc) is 3.52. The lowest BCUT2D eigenvalue weighted by molar-refractivity contribution is -0.923. The number of ketones is 1. The molecular formula is C22H24N3O4+. The smallest absolute Gasteiger partial charge is 0.303 e. The third kappa shape index (κ3) is 3.78. The van der Waals surface area contributed by atoms with Gasteiger partial charge < -0.3 is 4.90 Å². The van der Waals surface area contributed by atoms with E-state index in [1.807, 2.05) is 0 Å². The van der Waals surface area contributed by atoms with Gasteiger partial charge in [-0.2, -0.15) is 0 Å². The molecule has 1 atom stereocenters. The van der Waals surface area contributed by atoms with Gasteiger partial charge in [0.25, 0.3) is 11.5 Å². The zero-order chi connectivity index (χ0) is 20.7. The summed E-state index contributed by atoms with van der Waals surface area (Å²) < 4.78 is 0. The number of non-ortho nitro benzene ring substituents is 1. The number of carbonyl (C=O) groups excluding carboxylic acids is 2. The van der Waals surface area contributed by atoms with Crippen LogP contribution in [0.5, 0.6) is 0 Å². The van der Waals surface area contributed by atoms with Crippen molar-refractivity contribution in [2.24, 2.45) is 0 Å². The van der Waals surface area contributed by atoms with Crippen molar-refractivity contribution in [2.75, 3.05) is 11.6 Å². The largest absolute Gasteiger partial charge is 0.311 e. The molecule has 150 valence electrons. The van der Waals surface area contributed by atoms with E-state index < -0.39 is 16.6 Å². The summed E-state index contributed by atoms with van der Waals surface area (Å²) in [6, 6.07) is 13.1. The van der Waals surface area contributed by atoms with Crippen molar-refractivity contribution in [3.8, 4) is 0 Å². The highest BCUT2D eigenvalue weighted by Crippen LogP contribution is 2.31. The molecule has 1 fully saturated rings. The third-order valence-corrected chi connectivity index (χ3v) is 5.76. The van der Waals surface area contributed by atoms with Crippen LogP contribution < -0.4 is 9.80 Å². The van der Waals surface area contributed by atoms with E-state index in [-0.39, 0.29) is 11.3 Å². The van der Waals surface area contributed by atoms with Crippen LogP contribution in [0.3, 0.4) is 0 Å². The van der Waals surface area contributed by atoms with E-state index in [2.05, 4.69) is 38.1 Å². The number of quaternary nitrogens is 1. The summed E-state index contributed by atoms with van der Waals surface area (Å²) in [5, 5.41) is 11.0. The molecule has 2 aromatic rings. The van der Waals surface area contributed by atoms with Gasteiger partial charge in [-0.25, -0.2) is 0 Å². The topological polar surface area (TPSA) is 85.0 Å². The number of amides is 1. The van der Waals surface area contributed by atoms with Crippen LogP contribution in [0.1, 0.15) is 54.1 Å². The van der Waals surface area contributed by atoms with Gasteiger partial charge in [-0.3, -0.25) is 24.6 Å². The minimum atomic E-state index is -0.667. The second kappa shape index (κ2) is 7.40. The van der Waals surface area contributed by atoms with Gasteiger partial charge >= 0.3 is 5.91 Å². The van der Waals surface area contributed by atoms with Gasteiger partial charge in [0.2, 0.25) is 0 Å². The zero-order valence-corrected chi connectivity index (χ0v) is 16.6. The first-order chi connectivity index (χ1) is 13.8. The Labute approximate surface area is 169 Å². The Hall–Kier alpha value is -3.06. The summed E-state index contributed by atoms with van der Waals surface area (Å²) in [4.78, 5) is 38.1. The Kier molecular flexibility index (Phi) is 4.92. The number of Topliss-reactive ketones (excluding diaryl/α,β-unsaturated/α-hetero) is 1. The maximum absolute atomic E-state index is 12.6. The van der Waals surface area contributed by atoms with Crippen molar-refractivity contribution >= 4 is 23.1 Å². The van der Waals surface area contributed by atoms with E-state index in [4.69, 9.17) is 0 Å². The fourth-order valence-corrected chi connectivity index (χ4v) is 3.87. The first-order valence-corrected chi connectivity index (χ1v) is 9.93. The number of hydrogen-bond donors (Lipinski definition) is 1. The number of rotatable bonds is 7. The molecule has 1 aliphatic carbocycles. The van der Waals surface area contributed by atoms with Crippen LogP contribution in [0.15, 0.2) is 42.5 Å². The molecule has 29 heavy (non-hydrogen) atoms. The van der Waals surface area contributed by atoms with Gasteiger partial charge in [0.05, 0.1) is 22.2 Å². The lowest BCUT2D eigenvalue weighted by Crippen LogP contribution is -3.13. The van der Waals surface area contributed by atoms with Crippen LogP contribution in [-0.4, -0.2) is 29.3 Å². The highest BCUT2D eigenvalue weighted by atomic mass is 16.6. The molecule has 1 aliphatic heterocycles. The van der Waals surface area contributed by atoms with Crippen molar-refractivity contribution in [2.45, 2.75) is 45.2 Å². The van der Waals surface area contributed by atoms with Crippen LogP contribution in [0.2, 0.25) is 0 Å². The van der Waals surface area contributed by atoms with Crippen molar-refractivity contribution in [3.05, 3.63) is 69.3 Å². The fourth-order valence-electron chi connectivity index (χ4n) is 3.87. The highest BCUT2D eigenvalue weighted by Gasteiger charge is 2.42. The number of fused-ring (bicyclic) bond motifs is 1. The van der Waals surface area contributed by atoms with Crippen LogP contribution in [-0.2, 0) is 11.3 Å². The summed E-state index contributed by atoms with van der Waals surface area (Å²) >= 11 is 0. The molecular weight excluding hydrogens is 370 g/mol. The Morgan fingerprint density at radius 1 is 1.14 bits per heavy atom. The van der Waals surface area contributed by atoms with Gasteiger partial charge in [0, 0.05) is 30.5 Å². The number of nitrogens with one attached hydrogen (secondary N) is 1. The van der Waals surface area contributed by atoms with Crippen LogP contribution in [0.4, 0.5) is 11.4 Å². The first kappa shape index (κ1) is 19.3.